The number of hydrogen-bond donors (Lipinski definition) is 1. The first-order valence-corrected chi connectivity index (χ1v) is 5.46. The molecule has 1 N–H and O–H groups in total. The first-order valence-electron chi connectivity index (χ1n) is 4.21. The van der Waals surface area contributed by atoms with E-state index in [-0.39, 0.29) is 10.6 Å². The Hall–Kier alpha value is -0.360. The first kappa shape index (κ1) is 14.7. The van der Waals surface area contributed by atoms with Crippen LogP contribution in [0.2, 0.25) is 5.02 Å². The predicted octanol–water partition coefficient (Wildman–Crippen LogP) is 4.08. The molecule has 1 aromatic rings. The van der Waals surface area contributed by atoms with Crippen molar-refractivity contribution >= 4 is 34.8 Å². The Bertz CT molecular complexity index is 396. The Morgan fingerprint density at radius 1 is 1.18 bits per heavy atom. The zero-order chi connectivity index (χ0) is 13.2. The van der Waals surface area contributed by atoms with Crippen LogP contribution in [-0.2, 0) is 0 Å². The zero-order valence-electron chi connectivity index (χ0n) is 8.01. The van der Waals surface area contributed by atoms with E-state index < -0.39 is 23.1 Å². The van der Waals surface area contributed by atoms with Gasteiger partial charge in [-0.2, -0.15) is 0 Å². The fourth-order valence-corrected chi connectivity index (χ4v) is 1.62. The van der Waals surface area contributed by atoms with Gasteiger partial charge >= 0.3 is 6.36 Å². The summed E-state index contributed by atoms with van der Waals surface area (Å²) >= 11 is 16.4. The van der Waals surface area contributed by atoms with Gasteiger partial charge < -0.3 is 9.84 Å². The van der Waals surface area contributed by atoms with Crippen LogP contribution in [0, 0.1) is 0 Å². The Labute approximate surface area is 110 Å². The quantitative estimate of drug-likeness (QED) is 0.853. The van der Waals surface area contributed by atoms with Gasteiger partial charge in [0.1, 0.15) is 16.7 Å². The molecule has 8 heteroatoms. The third-order valence-corrected chi connectivity index (χ3v) is 2.40. The summed E-state index contributed by atoms with van der Waals surface area (Å²) in [5.74, 6) is -0.548. The van der Waals surface area contributed by atoms with E-state index >= 15 is 0 Å². The molecule has 0 aliphatic rings. The second-order valence-electron chi connectivity index (χ2n) is 3.05. The predicted molar refractivity (Wildman–Crippen MR) is 58.6 cm³/mol. The first-order chi connectivity index (χ1) is 7.69. The summed E-state index contributed by atoms with van der Waals surface area (Å²) in [4.78, 5) is -1.19. The number of aliphatic hydroxyl groups is 1. The number of benzene rings is 1. The largest absolute Gasteiger partial charge is 0.573 e. The molecule has 0 radical (unpaired) electrons. The minimum absolute atomic E-state index is 0.0326. The average molecular weight is 309 g/mol. The van der Waals surface area contributed by atoms with Crippen molar-refractivity contribution in [2.75, 3.05) is 0 Å². The average Bonchev–Trinajstić information content (AvgIpc) is 2.12. The Kier molecular flexibility index (Phi) is 4.77. The molecule has 1 rings (SSSR count). The minimum atomic E-state index is -4.84. The smallest absolute Gasteiger partial charge is 0.406 e. The maximum absolute atomic E-state index is 12.0. The fourth-order valence-electron chi connectivity index (χ4n) is 1.09. The van der Waals surface area contributed by atoms with Crippen molar-refractivity contribution < 1.29 is 23.0 Å². The van der Waals surface area contributed by atoms with E-state index in [1.807, 2.05) is 0 Å². The highest BCUT2D eigenvalue weighted by molar-refractivity contribution is 6.44. The van der Waals surface area contributed by atoms with Gasteiger partial charge in [0.15, 0.2) is 0 Å². The molecule has 0 saturated heterocycles. The van der Waals surface area contributed by atoms with Crippen LogP contribution < -0.4 is 4.74 Å². The van der Waals surface area contributed by atoms with Gasteiger partial charge in [-0.05, 0) is 23.8 Å². The van der Waals surface area contributed by atoms with Crippen molar-refractivity contribution in [2.45, 2.75) is 17.3 Å². The fraction of sp³-hybridized carbons (Fsp3) is 0.333. The standard InChI is InChI=1S/C9H6Cl3F3O2/c10-5-1-4(7(16)8(11)12)2-6(3-5)17-9(13,14)15/h1-3,7-8,16H. The molecule has 17 heavy (non-hydrogen) atoms. The van der Waals surface area contributed by atoms with E-state index in [0.29, 0.717) is 0 Å². The highest BCUT2D eigenvalue weighted by atomic mass is 35.5. The summed E-state index contributed by atoms with van der Waals surface area (Å²) in [6.07, 6.45) is -6.19. The Morgan fingerprint density at radius 3 is 2.24 bits per heavy atom. The number of hydrogen-bond acceptors (Lipinski definition) is 2. The maximum Gasteiger partial charge on any atom is 0.573 e. The molecular weight excluding hydrogens is 303 g/mol. The molecule has 0 aliphatic heterocycles. The number of ether oxygens (including phenoxy) is 1. The maximum atomic E-state index is 12.0. The van der Waals surface area contributed by atoms with E-state index in [0.717, 1.165) is 12.1 Å². The monoisotopic (exact) mass is 308 g/mol. The molecule has 0 aromatic heterocycles. The zero-order valence-corrected chi connectivity index (χ0v) is 10.3. The van der Waals surface area contributed by atoms with Crippen molar-refractivity contribution in [3.05, 3.63) is 28.8 Å². The lowest BCUT2D eigenvalue weighted by Gasteiger charge is -2.15. The second kappa shape index (κ2) is 5.52. The summed E-state index contributed by atoms with van der Waals surface area (Å²) < 4.78 is 39.6. The summed E-state index contributed by atoms with van der Waals surface area (Å²) in [6, 6.07) is 3.16. The van der Waals surface area contributed by atoms with E-state index in [1.54, 1.807) is 0 Å². The lowest BCUT2D eigenvalue weighted by Crippen LogP contribution is -2.17. The third kappa shape index (κ3) is 4.79. The van der Waals surface area contributed by atoms with Crippen molar-refractivity contribution in [3.63, 3.8) is 0 Å². The van der Waals surface area contributed by atoms with E-state index in [9.17, 15) is 18.3 Å². The number of rotatable bonds is 3. The molecule has 2 nitrogen and oxygen atoms in total. The highest BCUT2D eigenvalue weighted by Gasteiger charge is 2.31. The van der Waals surface area contributed by atoms with Gasteiger partial charge in [0.05, 0.1) is 0 Å². The molecule has 1 unspecified atom stereocenters. The molecule has 0 fully saturated rings. The van der Waals surface area contributed by atoms with E-state index in [4.69, 9.17) is 34.8 Å². The van der Waals surface area contributed by atoms with Gasteiger partial charge in [-0.25, -0.2) is 0 Å². The van der Waals surface area contributed by atoms with Gasteiger partial charge in [0.25, 0.3) is 0 Å². The molecule has 0 spiro atoms. The molecule has 1 aromatic carbocycles. The van der Waals surface area contributed by atoms with E-state index in [1.165, 1.54) is 6.07 Å². The van der Waals surface area contributed by atoms with Gasteiger partial charge in [-0.1, -0.05) is 11.6 Å². The van der Waals surface area contributed by atoms with E-state index in [2.05, 4.69) is 4.74 Å². The number of halogens is 6. The summed E-state index contributed by atoms with van der Waals surface area (Å²) in [6.45, 7) is 0. The van der Waals surface area contributed by atoms with Crippen LogP contribution >= 0.6 is 34.8 Å². The van der Waals surface area contributed by atoms with Gasteiger partial charge in [-0.3, -0.25) is 0 Å². The van der Waals surface area contributed by atoms with Crippen LogP contribution in [0.15, 0.2) is 18.2 Å². The summed E-state index contributed by atoms with van der Waals surface area (Å²) in [5.41, 5.74) is 0.0340. The van der Waals surface area contributed by atoms with Crippen LogP contribution in [0.5, 0.6) is 5.75 Å². The summed E-state index contributed by atoms with van der Waals surface area (Å²) in [7, 11) is 0. The molecule has 0 heterocycles. The van der Waals surface area contributed by atoms with Gasteiger partial charge in [0.2, 0.25) is 0 Å². The van der Waals surface area contributed by atoms with Crippen molar-refractivity contribution in [1.82, 2.24) is 0 Å². The molecule has 0 bridgehead atoms. The van der Waals surface area contributed by atoms with Crippen LogP contribution in [-0.4, -0.2) is 16.3 Å². The molecular formula is C9H6Cl3F3O2. The molecule has 0 amide bonds. The van der Waals surface area contributed by atoms with Gasteiger partial charge in [-0.15, -0.1) is 36.4 Å². The SMILES string of the molecule is OC(c1cc(Cl)cc(OC(F)(F)F)c1)C(Cl)Cl. The van der Waals surface area contributed by atoms with Crippen molar-refractivity contribution in [1.29, 1.82) is 0 Å². The summed E-state index contributed by atoms with van der Waals surface area (Å²) in [5, 5.41) is 9.45. The minimum Gasteiger partial charge on any atom is -0.406 e. The highest BCUT2D eigenvalue weighted by Crippen LogP contribution is 2.32. The molecule has 0 aliphatic carbocycles. The second-order valence-corrected chi connectivity index (χ2v) is 4.65. The number of alkyl halides is 5. The lowest BCUT2D eigenvalue weighted by atomic mass is 10.1. The lowest BCUT2D eigenvalue weighted by molar-refractivity contribution is -0.274. The molecule has 1 atom stereocenters. The van der Waals surface area contributed by atoms with Crippen LogP contribution in [0.3, 0.4) is 0 Å². The van der Waals surface area contributed by atoms with Gasteiger partial charge in [0, 0.05) is 5.02 Å². The number of aliphatic hydroxyl groups excluding tert-OH is 1. The third-order valence-electron chi connectivity index (χ3n) is 1.71. The van der Waals surface area contributed by atoms with Crippen LogP contribution in [0.1, 0.15) is 11.7 Å². The normalized spacial score (nSPS) is 13.9. The topological polar surface area (TPSA) is 29.5 Å². The Morgan fingerprint density at radius 2 is 1.76 bits per heavy atom. The van der Waals surface area contributed by atoms with Crippen molar-refractivity contribution in [2.24, 2.45) is 0 Å². The molecule has 96 valence electrons. The van der Waals surface area contributed by atoms with Crippen LogP contribution in [0.25, 0.3) is 0 Å². The van der Waals surface area contributed by atoms with Crippen molar-refractivity contribution in [3.8, 4) is 5.75 Å². The molecule has 0 saturated carbocycles. The Balaban J connectivity index is 3.02. The van der Waals surface area contributed by atoms with Crippen LogP contribution in [0.4, 0.5) is 13.2 Å².